The Kier molecular flexibility index (Phi) is 6.28. The molecule has 0 aromatic heterocycles. The molecule has 0 aromatic carbocycles. The van der Waals surface area contributed by atoms with Gasteiger partial charge in [0, 0.05) is 19.7 Å². The maximum atomic E-state index is 9.01. The lowest BCUT2D eigenvalue weighted by atomic mass is 10.2. The summed E-state index contributed by atoms with van der Waals surface area (Å²) in [6.07, 6.45) is -0.576. The third kappa shape index (κ3) is 4.66. The Labute approximate surface area is 73.5 Å². The van der Waals surface area contributed by atoms with Gasteiger partial charge in [0.1, 0.15) is 0 Å². The van der Waals surface area contributed by atoms with Crippen LogP contribution in [0.15, 0.2) is 0 Å². The first-order valence-electron chi connectivity index (χ1n) is 4.17. The molecule has 74 valence electrons. The predicted octanol–water partition coefficient (Wildman–Crippen LogP) is -0.647. The molecule has 0 aliphatic carbocycles. The number of ether oxygens (including phenoxy) is 1. The highest BCUT2D eigenvalue weighted by molar-refractivity contribution is 4.69. The number of hydrogen-bond acceptors (Lipinski definition) is 4. The summed E-state index contributed by atoms with van der Waals surface area (Å²) in [5.41, 5.74) is 0. The molecule has 0 amide bonds. The van der Waals surface area contributed by atoms with Crippen molar-refractivity contribution in [2.24, 2.45) is 0 Å². The molecule has 12 heavy (non-hydrogen) atoms. The summed E-state index contributed by atoms with van der Waals surface area (Å²) in [5.74, 6) is 0. The van der Waals surface area contributed by atoms with Crippen LogP contribution in [0.5, 0.6) is 0 Å². The second-order valence-corrected chi connectivity index (χ2v) is 2.97. The van der Waals surface area contributed by atoms with E-state index in [-0.39, 0.29) is 18.8 Å². The van der Waals surface area contributed by atoms with Gasteiger partial charge >= 0.3 is 0 Å². The summed E-state index contributed by atoms with van der Waals surface area (Å²) in [6, 6.07) is 0.177. The van der Waals surface area contributed by atoms with E-state index in [2.05, 4.69) is 5.32 Å². The van der Waals surface area contributed by atoms with E-state index in [0.717, 1.165) is 0 Å². The Morgan fingerprint density at radius 3 is 2.42 bits per heavy atom. The highest BCUT2D eigenvalue weighted by atomic mass is 16.5. The molecule has 0 aromatic rings. The fraction of sp³-hybridized carbons (Fsp3) is 1.00. The van der Waals surface area contributed by atoms with Crippen molar-refractivity contribution >= 4 is 0 Å². The first kappa shape index (κ1) is 11.8. The second-order valence-electron chi connectivity index (χ2n) is 2.97. The van der Waals surface area contributed by atoms with Crippen molar-refractivity contribution in [1.29, 1.82) is 0 Å². The van der Waals surface area contributed by atoms with Gasteiger partial charge in [-0.05, 0) is 13.8 Å². The van der Waals surface area contributed by atoms with E-state index in [1.165, 1.54) is 0 Å². The maximum absolute atomic E-state index is 9.01. The SMILES string of the molecule is COC(C)C(C)NCC(O)CO. The molecule has 0 bridgehead atoms. The second kappa shape index (κ2) is 6.37. The van der Waals surface area contributed by atoms with Gasteiger partial charge in [-0.1, -0.05) is 0 Å². The fourth-order valence-electron chi connectivity index (χ4n) is 0.757. The largest absolute Gasteiger partial charge is 0.394 e. The smallest absolute Gasteiger partial charge is 0.0895 e. The third-order valence-corrected chi connectivity index (χ3v) is 1.96. The Balaban J connectivity index is 3.49. The lowest BCUT2D eigenvalue weighted by Gasteiger charge is -2.21. The molecule has 4 heteroatoms. The van der Waals surface area contributed by atoms with E-state index >= 15 is 0 Å². The summed E-state index contributed by atoms with van der Waals surface area (Å²) in [7, 11) is 1.64. The zero-order valence-corrected chi connectivity index (χ0v) is 7.95. The highest BCUT2D eigenvalue weighted by Crippen LogP contribution is 1.95. The van der Waals surface area contributed by atoms with Gasteiger partial charge in [-0.25, -0.2) is 0 Å². The predicted molar refractivity (Wildman–Crippen MR) is 47.0 cm³/mol. The monoisotopic (exact) mass is 177 g/mol. The van der Waals surface area contributed by atoms with Crippen molar-refractivity contribution in [3.05, 3.63) is 0 Å². The number of methoxy groups -OCH3 is 1. The normalized spacial score (nSPS) is 18.8. The van der Waals surface area contributed by atoms with Crippen LogP contribution < -0.4 is 5.32 Å². The number of aliphatic hydroxyl groups excluding tert-OH is 2. The van der Waals surface area contributed by atoms with E-state index in [1.54, 1.807) is 7.11 Å². The molecule has 0 heterocycles. The summed E-state index contributed by atoms with van der Waals surface area (Å²) in [5, 5.41) is 20.6. The Morgan fingerprint density at radius 2 is 2.00 bits per heavy atom. The van der Waals surface area contributed by atoms with Crippen LogP contribution >= 0.6 is 0 Å². The van der Waals surface area contributed by atoms with Gasteiger partial charge in [0.05, 0.1) is 18.8 Å². The lowest BCUT2D eigenvalue weighted by Crippen LogP contribution is -2.41. The summed E-state index contributed by atoms with van der Waals surface area (Å²) in [4.78, 5) is 0. The molecule has 3 atom stereocenters. The van der Waals surface area contributed by atoms with Crippen molar-refractivity contribution < 1.29 is 14.9 Å². The summed E-state index contributed by atoms with van der Waals surface area (Å²) >= 11 is 0. The number of nitrogens with one attached hydrogen (secondary N) is 1. The third-order valence-electron chi connectivity index (χ3n) is 1.96. The molecule has 0 spiro atoms. The minimum atomic E-state index is -0.684. The zero-order valence-electron chi connectivity index (χ0n) is 7.95. The van der Waals surface area contributed by atoms with E-state index < -0.39 is 6.10 Å². The van der Waals surface area contributed by atoms with Crippen molar-refractivity contribution in [3.8, 4) is 0 Å². The van der Waals surface area contributed by atoms with Crippen LogP contribution in [0.2, 0.25) is 0 Å². The topological polar surface area (TPSA) is 61.7 Å². The Hall–Kier alpha value is -0.160. The number of aliphatic hydroxyl groups is 2. The van der Waals surface area contributed by atoms with Crippen LogP contribution in [-0.2, 0) is 4.74 Å². The Bertz CT molecular complexity index is 110. The van der Waals surface area contributed by atoms with E-state index in [4.69, 9.17) is 14.9 Å². The van der Waals surface area contributed by atoms with Crippen LogP contribution in [0.25, 0.3) is 0 Å². The first-order valence-corrected chi connectivity index (χ1v) is 4.17. The van der Waals surface area contributed by atoms with Crippen LogP contribution in [0.4, 0.5) is 0 Å². The molecule has 0 saturated heterocycles. The molecule has 0 saturated carbocycles. The first-order chi connectivity index (χ1) is 5.61. The number of rotatable bonds is 6. The van der Waals surface area contributed by atoms with Gasteiger partial charge in [-0.3, -0.25) is 0 Å². The molecule has 3 unspecified atom stereocenters. The highest BCUT2D eigenvalue weighted by Gasteiger charge is 2.11. The van der Waals surface area contributed by atoms with Crippen molar-refractivity contribution in [3.63, 3.8) is 0 Å². The van der Waals surface area contributed by atoms with E-state index in [9.17, 15) is 0 Å². The van der Waals surface area contributed by atoms with Gasteiger partial charge in [-0.2, -0.15) is 0 Å². The van der Waals surface area contributed by atoms with E-state index in [1.807, 2.05) is 13.8 Å². The average Bonchev–Trinajstić information content (AvgIpc) is 2.11. The minimum absolute atomic E-state index is 0.107. The van der Waals surface area contributed by atoms with Crippen LogP contribution in [0.1, 0.15) is 13.8 Å². The van der Waals surface area contributed by atoms with Crippen molar-refractivity contribution in [2.45, 2.75) is 32.1 Å². The van der Waals surface area contributed by atoms with Gasteiger partial charge in [0.25, 0.3) is 0 Å². The van der Waals surface area contributed by atoms with Crippen LogP contribution in [-0.4, -0.2) is 48.7 Å². The van der Waals surface area contributed by atoms with Gasteiger partial charge < -0.3 is 20.3 Å². The van der Waals surface area contributed by atoms with Gasteiger partial charge in [0.2, 0.25) is 0 Å². The summed E-state index contributed by atoms with van der Waals surface area (Å²) < 4.78 is 5.07. The molecule has 3 N–H and O–H groups in total. The quantitative estimate of drug-likeness (QED) is 0.504. The zero-order chi connectivity index (χ0) is 9.56. The minimum Gasteiger partial charge on any atom is -0.394 e. The average molecular weight is 177 g/mol. The lowest BCUT2D eigenvalue weighted by molar-refractivity contribution is 0.0658. The van der Waals surface area contributed by atoms with Crippen LogP contribution in [0, 0.1) is 0 Å². The molecule has 0 radical (unpaired) electrons. The molecule has 0 aliphatic rings. The molecule has 0 fully saturated rings. The van der Waals surface area contributed by atoms with Gasteiger partial charge in [-0.15, -0.1) is 0 Å². The molecule has 0 aliphatic heterocycles. The fourth-order valence-corrected chi connectivity index (χ4v) is 0.757. The summed E-state index contributed by atoms with van der Waals surface area (Å²) in [6.45, 7) is 4.10. The molecule has 0 rings (SSSR count). The Morgan fingerprint density at radius 1 is 1.42 bits per heavy atom. The molecular weight excluding hydrogens is 158 g/mol. The van der Waals surface area contributed by atoms with Crippen molar-refractivity contribution in [2.75, 3.05) is 20.3 Å². The molecular formula is C8H19NO3. The van der Waals surface area contributed by atoms with Crippen LogP contribution in [0.3, 0.4) is 0 Å². The maximum Gasteiger partial charge on any atom is 0.0895 e. The standard InChI is InChI=1S/C8H19NO3/c1-6(7(2)12-3)9-4-8(11)5-10/h6-11H,4-5H2,1-3H3. The van der Waals surface area contributed by atoms with Crippen molar-refractivity contribution in [1.82, 2.24) is 5.32 Å². The van der Waals surface area contributed by atoms with Gasteiger partial charge in [0.15, 0.2) is 0 Å². The van der Waals surface area contributed by atoms with E-state index in [0.29, 0.717) is 6.54 Å². The molecule has 4 nitrogen and oxygen atoms in total. The number of hydrogen-bond donors (Lipinski definition) is 3.